The molecule has 7 nitrogen and oxygen atoms in total. The van der Waals surface area contributed by atoms with Crippen LogP contribution in [0.25, 0.3) is 17.1 Å². The molecule has 0 aliphatic rings. The van der Waals surface area contributed by atoms with Crippen LogP contribution in [-0.4, -0.2) is 25.6 Å². The highest BCUT2D eigenvalue weighted by molar-refractivity contribution is 6.33. The molecule has 0 bridgehead atoms. The number of hydrogen-bond donors (Lipinski definition) is 1. The van der Waals surface area contributed by atoms with Crippen LogP contribution in [0.3, 0.4) is 0 Å². The highest BCUT2D eigenvalue weighted by Crippen LogP contribution is 2.31. The van der Waals surface area contributed by atoms with Crippen LogP contribution in [0.15, 0.2) is 65.8 Å². The van der Waals surface area contributed by atoms with Gasteiger partial charge in [0.1, 0.15) is 29.2 Å². The lowest BCUT2D eigenvalue weighted by Gasteiger charge is -2.10. The first-order chi connectivity index (χ1) is 13.6. The lowest BCUT2D eigenvalue weighted by molar-refractivity contribution is 0.0950. The van der Waals surface area contributed by atoms with E-state index in [2.05, 4.69) is 20.4 Å². The van der Waals surface area contributed by atoms with Crippen LogP contribution in [0.5, 0.6) is 0 Å². The van der Waals surface area contributed by atoms with Crippen molar-refractivity contribution in [1.82, 2.24) is 25.0 Å². The molecular formula is C20H16ClN5O2. The summed E-state index contributed by atoms with van der Waals surface area (Å²) in [5.41, 5.74) is 2.27. The van der Waals surface area contributed by atoms with Gasteiger partial charge in [-0.05, 0) is 19.1 Å². The summed E-state index contributed by atoms with van der Waals surface area (Å²) >= 11 is 6.27. The van der Waals surface area contributed by atoms with Gasteiger partial charge in [-0.2, -0.15) is 0 Å². The van der Waals surface area contributed by atoms with E-state index in [1.54, 1.807) is 48.5 Å². The van der Waals surface area contributed by atoms with Gasteiger partial charge in [0.2, 0.25) is 0 Å². The SMILES string of the molecule is Cc1onc(-c2ccccc2Cl)c1C(=O)NCc1cccnc1-n1ccnc1. The zero-order chi connectivity index (χ0) is 19.5. The predicted octanol–water partition coefficient (Wildman–Crippen LogP) is 3.81. The minimum absolute atomic E-state index is 0.284. The van der Waals surface area contributed by atoms with Gasteiger partial charge in [-0.3, -0.25) is 9.36 Å². The topological polar surface area (TPSA) is 85.8 Å². The maximum Gasteiger partial charge on any atom is 0.257 e. The molecule has 0 saturated carbocycles. The van der Waals surface area contributed by atoms with Gasteiger partial charge in [-0.15, -0.1) is 0 Å². The van der Waals surface area contributed by atoms with Gasteiger partial charge in [0, 0.05) is 36.3 Å². The maximum absolute atomic E-state index is 12.9. The van der Waals surface area contributed by atoms with E-state index in [9.17, 15) is 4.79 Å². The van der Waals surface area contributed by atoms with Crippen molar-refractivity contribution in [3.63, 3.8) is 0 Å². The Morgan fingerprint density at radius 1 is 1.21 bits per heavy atom. The minimum atomic E-state index is -0.297. The fraction of sp³-hybridized carbons (Fsp3) is 0.100. The van der Waals surface area contributed by atoms with E-state index in [1.807, 2.05) is 24.3 Å². The van der Waals surface area contributed by atoms with Crippen LogP contribution in [-0.2, 0) is 6.54 Å². The number of hydrogen-bond acceptors (Lipinski definition) is 5. The maximum atomic E-state index is 12.9. The molecule has 1 aromatic carbocycles. The number of aryl methyl sites for hydroxylation is 1. The molecule has 0 fully saturated rings. The van der Waals surface area contributed by atoms with E-state index in [0.717, 1.165) is 5.56 Å². The summed E-state index contributed by atoms with van der Waals surface area (Å²) in [5.74, 6) is 0.830. The van der Waals surface area contributed by atoms with E-state index >= 15 is 0 Å². The summed E-state index contributed by atoms with van der Waals surface area (Å²) in [6, 6.07) is 10.9. The van der Waals surface area contributed by atoms with Gasteiger partial charge in [0.25, 0.3) is 5.91 Å². The molecule has 3 aromatic heterocycles. The number of pyridine rings is 1. The number of benzene rings is 1. The summed E-state index contributed by atoms with van der Waals surface area (Å²) in [6.07, 6.45) is 6.83. The molecule has 0 spiro atoms. The Kier molecular flexibility index (Phi) is 4.90. The quantitative estimate of drug-likeness (QED) is 0.557. The van der Waals surface area contributed by atoms with Crippen LogP contribution >= 0.6 is 11.6 Å². The Morgan fingerprint density at radius 2 is 2.07 bits per heavy atom. The third-order valence-electron chi connectivity index (χ3n) is 4.27. The van der Waals surface area contributed by atoms with Crippen molar-refractivity contribution in [2.45, 2.75) is 13.5 Å². The normalized spacial score (nSPS) is 10.8. The number of halogens is 1. The van der Waals surface area contributed by atoms with E-state index < -0.39 is 0 Å². The third kappa shape index (κ3) is 3.39. The fourth-order valence-corrected chi connectivity index (χ4v) is 3.15. The number of imidazole rings is 1. The van der Waals surface area contributed by atoms with Crippen molar-refractivity contribution >= 4 is 17.5 Å². The largest absolute Gasteiger partial charge is 0.360 e. The second-order valence-corrected chi connectivity index (χ2v) is 6.49. The van der Waals surface area contributed by atoms with Gasteiger partial charge >= 0.3 is 0 Å². The molecule has 4 rings (SSSR count). The lowest BCUT2D eigenvalue weighted by atomic mass is 10.1. The number of carbonyl (C=O) groups excluding carboxylic acids is 1. The van der Waals surface area contributed by atoms with Crippen molar-refractivity contribution < 1.29 is 9.32 Å². The molecule has 28 heavy (non-hydrogen) atoms. The van der Waals surface area contributed by atoms with Gasteiger partial charge in [-0.25, -0.2) is 9.97 Å². The van der Waals surface area contributed by atoms with Gasteiger partial charge < -0.3 is 9.84 Å². The van der Waals surface area contributed by atoms with Gasteiger partial charge in [-0.1, -0.05) is 41.0 Å². The van der Waals surface area contributed by atoms with Crippen molar-refractivity contribution in [1.29, 1.82) is 0 Å². The number of nitrogens with zero attached hydrogens (tertiary/aromatic N) is 4. The molecule has 1 N–H and O–H groups in total. The van der Waals surface area contributed by atoms with Crippen molar-refractivity contribution in [3.05, 3.63) is 83.2 Å². The van der Waals surface area contributed by atoms with Crippen LogP contribution in [0.2, 0.25) is 5.02 Å². The minimum Gasteiger partial charge on any atom is -0.360 e. The molecule has 0 aliphatic carbocycles. The van der Waals surface area contributed by atoms with Crippen LogP contribution in [0.4, 0.5) is 0 Å². The zero-order valence-corrected chi connectivity index (χ0v) is 15.7. The summed E-state index contributed by atoms with van der Waals surface area (Å²) < 4.78 is 7.06. The lowest BCUT2D eigenvalue weighted by Crippen LogP contribution is -2.24. The van der Waals surface area contributed by atoms with E-state index in [4.69, 9.17) is 16.1 Å². The first-order valence-corrected chi connectivity index (χ1v) is 8.94. The highest BCUT2D eigenvalue weighted by Gasteiger charge is 2.23. The summed E-state index contributed by atoms with van der Waals surface area (Å²) in [6.45, 7) is 1.98. The molecule has 0 saturated heterocycles. The molecule has 3 heterocycles. The molecule has 1 amide bonds. The standard InChI is InChI=1S/C20H16ClN5O2/c1-13-17(18(25-28-13)15-6-2-3-7-16(15)21)20(27)24-11-14-5-4-8-23-19(14)26-10-9-22-12-26/h2-10,12H,11H2,1H3,(H,24,27). The second kappa shape index (κ2) is 7.66. The predicted molar refractivity (Wildman–Crippen MR) is 104 cm³/mol. The number of carbonyl (C=O) groups is 1. The smallest absolute Gasteiger partial charge is 0.257 e. The van der Waals surface area contributed by atoms with Gasteiger partial charge in [0.05, 0.1) is 5.02 Å². The van der Waals surface area contributed by atoms with Crippen LogP contribution in [0.1, 0.15) is 21.7 Å². The number of rotatable bonds is 5. The summed E-state index contributed by atoms with van der Waals surface area (Å²) in [5, 5.41) is 7.45. The summed E-state index contributed by atoms with van der Waals surface area (Å²) in [7, 11) is 0. The second-order valence-electron chi connectivity index (χ2n) is 6.08. The average molecular weight is 394 g/mol. The van der Waals surface area contributed by atoms with Crippen molar-refractivity contribution in [2.75, 3.05) is 0 Å². The molecule has 8 heteroatoms. The molecule has 140 valence electrons. The Bertz CT molecular complexity index is 1120. The summed E-state index contributed by atoms with van der Waals surface area (Å²) in [4.78, 5) is 21.3. The number of aromatic nitrogens is 4. The fourth-order valence-electron chi connectivity index (χ4n) is 2.93. The molecule has 0 atom stereocenters. The molecule has 0 unspecified atom stereocenters. The molecular weight excluding hydrogens is 378 g/mol. The molecule has 0 radical (unpaired) electrons. The first kappa shape index (κ1) is 17.9. The van der Waals surface area contributed by atoms with Crippen LogP contribution < -0.4 is 5.32 Å². The first-order valence-electron chi connectivity index (χ1n) is 8.56. The molecule has 4 aromatic rings. The Morgan fingerprint density at radius 3 is 2.86 bits per heavy atom. The third-order valence-corrected chi connectivity index (χ3v) is 4.60. The number of amides is 1. The van der Waals surface area contributed by atoms with Crippen molar-refractivity contribution in [3.8, 4) is 17.1 Å². The molecule has 0 aliphatic heterocycles. The highest BCUT2D eigenvalue weighted by atomic mass is 35.5. The van der Waals surface area contributed by atoms with Gasteiger partial charge in [0.15, 0.2) is 0 Å². The zero-order valence-electron chi connectivity index (χ0n) is 15.0. The van der Waals surface area contributed by atoms with E-state index in [-0.39, 0.29) is 12.5 Å². The van der Waals surface area contributed by atoms with Crippen LogP contribution in [0, 0.1) is 6.92 Å². The Hall–Kier alpha value is -3.45. The number of nitrogens with one attached hydrogen (secondary N) is 1. The van der Waals surface area contributed by atoms with E-state index in [0.29, 0.717) is 33.4 Å². The van der Waals surface area contributed by atoms with Crippen molar-refractivity contribution in [2.24, 2.45) is 0 Å². The Labute approximate surface area is 166 Å². The van der Waals surface area contributed by atoms with E-state index in [1.165, 1.54) is 0 Å². The average Bonchev–Trinajstić information content (AvgIpc) is 3.37. The Balaban J connectivity index is 1.60. The monoisotopic (exact) mass is 393 g/mol.